The molecule has 1 amide bonds. The molecule has 0 radical (unpaired) electrons. The first kappa shape index (κ1) is 15.5. The average Bonchev–Trinajstić information content (AvgIpc) is 2.89. The summed E-state index contributed by atoms with van der Waals surface area (Å²) >= 11 is 12.6. The second-order valence-electron chi connectivity index (χ2n) is 4.53. The number of carbonyl (C=O) groups excluding carboxylic acids is 1. The number of nitrogens with zero attached hydrogens (tertiary/aromatic N) is 1. The van der Waals surface area contributed by atoms with E-state index in [1.54, 1.807) is 18.2 Å². The third-order valence-corrected chi connectivity index (χ3v) is 4.39. The average molecular weight is 445 g/mol. The number of rotatable bonds is 3. The number of oxazole rings is 1. The van der Waals surface area contributed by atoms with Crippen molar-refractivity contribution in [3.05, 3.63) is 61.8 Å². The molecule has 0 unspecified atom stereocenters. The molecule has 22 heavy (non-hydrogen) atoms. The predicted octanol–water partition coefficient (Wildman–Crippen LogP) is 4.94. The minimum absolute atomic E-state index is 0.198. The molecule has 1 heterocycles. The van der Waals surface area contributed by atoms with Crippen molar-refractivity contribution in [3.8, 4) is 0 Å². The maximum Gasteiger partial charge on any atom is 0.252 e. The van der Waals surface area contributed by atoms with Crippen molar-refractivity contribution in [1.82, 2.24) is 10.3 Å². The van der Waals surface area contributed by atoms with Crippen molar-refractivity contribution in [2.45, 2.75) is 6.54 Å². The number of halogens is 3. The summed E-state index contributed by atoms with van der Waals surface area (Å²) in [7, 11) is 0. The van der Waals surface area contributed by atoms with E-state index in [9.17, 15) is 4.79 Å². The van der Waals surface area contributed by atoms with Gasteiger partial charge in [0.05, 0.1) is 12.1 Å². The standard InChI is InChI=1S/C15H9Br2ClN2O2/c16-8-1-4-13-12(5-8)20-14(22-13)7-19-15(21)10-6-9(18)2-3-11(10)17/h1-6H,7H2,(H,19,21). The number of nitrogens with one attached hydrogen (secondary N) is 1. The summed E-state index contributed by atoms with van der Waals surface area (Å²) < 4.78 is 7.18. The summed E-state index contributed by atoms with van der Waals surface area (Å²) in [4.78, 5) is 16.5. The van der Waals surface area contributed by atoms with E-state index >= 15 is 0 Å². The minimum atomic E-state index is -0.252. The maximum absolute atomic E-state index is 12.2. The highest BCUT2D eigenvalue weighted by atomic mass is 79.9. The van der Waals surface area contributed by atoms with E-state index in [1.165, 1.54) is 0 Å². The number of benzene rings is 2. The highest BCUT2D eigenvalue weighted by Crippen LogP contribution is 2.22. The zero-order chi connectivity index (χ0) is 15.7. The molecular weight excluding hydrogens is 435 g/mol. The highest BCUT2D eigenvalue weighted by molar-refractivity contribution is 9.10. The molecule has 0 spiro atoms. The lowest BCUT2D eigenvalue weighted by molar-refractivity contribution is 0.0946. The van der Waals surface area contributed by atoms with Gasteiger partial charge in [-0.25, -0.2) is 4.98 Å². The van der Waals surface area contributed by atoms with Crippen molar-refractivity contribution < 1.29 is 9.21 Å². The largest absolute Gasteiger partial charge is 0.439 e. The van der Waals surface area contributed by atoms with Crippen molar-refractivity contribution in [3.63, 3.8) is 0 Å². The molecule has 1 N–H and O–H groups in total. The van der Waals surface area contributed by atoms with Gasteiger partial charge in [0.1, 0.15) is 5.52 Å². The number of fused-ring (bicyclic) bond motifs is 1. The Labute approximate surface area is 148 Å². The third kappa shape index (κ3) is 3.34. The van der Waals surface area contributed by atoms with Gasteiger partial charge in [0.15, 0.2) is 5.58 Å². The molecule has 2 aromatic carbocycles. The summed E-state index contributed by atoms with van der Waals surface area (Å²) in [6.07, 6.45) is 0. The van der Waals surface area contributed by atoms with Crippen LogP contribution >= 0.6 is 43.5 Å². The first-order valence-electron chi connectivity index (χ1n) is 6.31. The van der Waals surface area contributed by atoms with E-state index in [0.717, 1.165) is 9.99 Å². The van der Waals surface area contributed by atoms with Gasteiger partial charge in [-0.2, -0.15) is 0 Å². The van der Waals surface area contributed by atoms with Crippen molar-refractivity contribution in [1.29, 1.82) is 0 Å². The monoisotopic (exact) mass is 442 g/mol. The molecule has 0 aliphatic heterocycles. The topological polar surface area (TPSA) is 55.1 Å². The van der Waals surface area contributed by atoms with Crippen molar-refractivity contribution in [2.24, 2.45) is 0 Å². The van der Waals surface area contributed by atoms with E-state index < -0.39 is 0 Å². The quantitative estimate of drug-likeness (QED) is 0.623. The number of carbonyl (C=O) groups is 1. The Balaban J connectivity index is 1.75. The summed E-state index contributed by atoms with van der Waals surface area (Å²) in [5, 5.41) is 3.26. The van der Waals surface area contributed by atoms with Gasteiger partial charge in [-0.05, 0) is 52.3 Å². The van der Waals surface area contributed by atoms with Gasteiger partial charge in [-0.3, -0.25) is 4.79 Å². The van der Waals surface area contributed by atoms with Crippen LogP contribution < -0.4 is 5.32 Å². The Hall–Kier alpha value is -1.37. The molecule has 0 atom stereocenters. The summed E-state index contributed by atoms with van der Waals surface area (Å²) in [6, 6.07) is 10.6. The second kappa shape index (κ2) is 6.40. The van der Waals surface area contributed by atoms with Crippen molar-refractivity contribution in [2.75, 3.05) is 0 Å². The van der Waals surface area contributed by atoms with Gasteiger partial charge in [0.25, 0.3) is 5.91 Å². The molecule has 0 fully saturated rings. The molecule has 0 saturated carbocycles. The molecule has 0 bridgehead atoms. The Morgan fingerprint density at radius 2 is 2.05 bits per heavy atom. The van der Waals surface area contributed by atoms with Crippen LogP contribution in [0.5, 0.6) is 0 Å². The van der Waals surface area contributed by atoms with Crippen LogP contribution in [0, 0.1) is 0 Å². The molecule has 7 heteroatoms. The molecule has 112 valence electrons. The Morgan fingerprint density at radius 1 is 1.23 bits per heavy atom. The van der Waals surface area contributed by atoms with Gasteiger partial charge in [-0.1, -0.05) is 27.5 Å². The van der Waals surface area contributed by atoms with Crippen molar-refractivity contribution >= 4 is 60.5 Å². The molecule has 3 rings (SSSR count). The van der Waals surface area contributed by atoms with Crippen LogP contribution in [0.2, 0.25) is 5.02 Å². The van der Waals surface area contributed by atoms with E-state index in [0.29, 0.717) is 26.5 Å². The number of aromatic nitrogens is 1. The Bertz CT molecular complexity index is 864. The lowest BCUT2D eigenvalue weighted by Gasteiger charge is -2.05. The maximum atomic E-state index is 12.2. The van der Waals surface area contributed by atoms with Crippen LogP contribution in [0.3, 0.4) is 0 Å². The van der Waals surface area contributed by atoms with E-state index in [1.807, 2.05) is 18.2 Å². The first-order valence-corrected chi connectivity index (χ1v) is 8.27. The zero-order valence-corrected chi connectivity index (χ0v) is 15.0. The summed E-state index contributed by atoms with van der Waals surface area (Å²) in [6.45, 7) is 0.198. The predicted molar refractivity (Wildman–Crippen MR) is 92.0 cm³/mol. The second-order valence-corrected chi connectivity index (χ2v) is 6.73. The van der Waals surface area contributed by atoms with Crippen LogP contribution in [0.4, 0.5) is 0 Å². The lowest BCUT2D eigenvalue weighted by Crippen LogP contribution is -2.23. The number of hydrogen-bond acceptors (Lipinski definition) is 3. The van der Waals surface area contributed by atoms with Crippen LogP contribution in [0.25, 0.3) is 11.1 Å². The van der Waals surface area contributed by atoms with Crippen LogP contribution in [0.1, 0.15) is 16.2 Å². The van der Waals surface area contributed by atoms with Gasteiger partial charge in [0, 0.05) is 14.0 Å². The minimum Gasteiger partial charge on any atom is -0.439 e. The van der Waals surface area contributed by atoms with Crippen LogP contribution in [-0.4, -0.2) is 10.9 Å². The molecular formula is C15H9Br2ClN2O2. The van der Waals surface area contributed by atoms with E-state index in [4.69, 9.17) is 16.0 Å². The molecule has 0 aliphatic carbocycles. The first-order chi connectivity index (χ1) is 10.5. The number of hydrogen-bond donors (Lipinski definition) is 1. The third-order valence-electron chi connectivity index (χ3n) is 2.97. The normalized spacial score (nSPS) is 10.9. The fourth-order valence-corrected chi connectivity index (χ4v) is 2.89. The Kier molecular flexibility index (Phi) is 4.52. The highest BCUT2D eigenvalue weighted by Gasteiger charge is 2.12. The van der Waals surface area contributed by atoms with E-state index in [2.05, 4.69) is 42.2 Å². The number of amides is 1. The fourth-order valence-electron chi connectivity index (χ4n) is 1.95. The smallest absolute Gasteiger partial charge is 0.252 e. The van der Waals surface area contributed by atoms with Crippen LogP contribution in [0.15, 0.2) is 49.8 Å². The molecule has 0 aliphatic rings. The fraction of sp³-hybridized carbons (Fsp3) is 0.0667. The summed E-state index contributed by atoms with van der Waals surface area (Å²) in [5.74, 6) is 0.192. The van der Waals surface area contributed by atoms with Gasteiger partial charge < -0.3 is 9.73 Å². The molecule has 1 aromatic heterocycles. The molecule has 4 nitrogen and oxygen atoms in total. The zero-order valence-electron chi connectivity index (χ0n) is 11.1. The molecule has 3 aromatic rings. The summed E-state index contributed by atoms with van der Waals surface area (Å²) in [5.41, 5.74) is 1.88. The van der Waals surface area contributed by atoms with Gasteiger partial charge in [-0.15, -0.1) is 0 Å². The Morgan fingerprint density at radius 3 is 2.86 bits per heavy atom. The van der Waals surface area contributed by atoms with Gasteiger partial charge in [0.2, 0.25) is 5.89 Å². The molecule has 0 saturated heterocycles. The SMILES string of the molecule is O=C(NCc1nc2cc(Br)ccc2o1)c1cc(Cl)ccc1Br. The lowest BCUT2D eigenvalue weighted by atomic mass is 10.2. The van der Waals surface area contributed by atoms with Gasteiger partial charge >= 0.3 is 0 Å². The van der Waals surface area contributed by atoms with E-state index in [-0.39, 0.29) is 12.5 Å². The van der Waals surface area contributed by atoms with Crippen LogP contribution in [-0.2, 0) is 6.54 Å².